The van der Waals surface area contributed by atoms with Crippen LogP contribution in [0.25, 0.3) is 0 Å². The Morgan fingerprint density at radius 1 is 1.16 bits per heavy atom. The molecule has 2 aromatic carbocycles. The van der Waals surface area contributed by atoms with Gasteiger partial charge >= 0.3 is 0 Å². The zero-order valence-corrected chi connectivity index (χ0v) is 12.9. The Labute approximate surface area is 129 Å². The summed E-state index contributed by atoms with van der Waals surface area (Å²) in [6.07, 6.45) is 0.520. The maximum absolute atomic E-state index is 13.9. The highest BCUT2D eigenvalue weighted by molar-refractivity contribution is 9.10. The molecular weight excluding hydrogens is 352 g/mol. The minimum absolute atomic E-state index is 0.363. The van der Waals surface area contributed by atoms with Crippen molar-refractivity contribution in [3.8, 4) is 0 Å². The SMILES string of the molecule is NC(Cc1ccc(Cl)cc1)c1cc(Cl)c(Br)cc1F. The summed E-state index contributed by atoms with van der Waals surface area (Å²) in [4.78, 5) is 0. The third-order valence-electron chi connectivity index (χ3n) is 2.81. The normalized spacial score (nSPS) is 12.5. The largest absolute Gasteiger partial charge is 0.324 e. The summed E-state index contributed by atoms with van der Waals surface area (Å²) in [5.74, 6) is -0.363. The third-order valence-corrected chi connectivity index (χ3v) is 4.26. The number of rotatable bonds is 3. The highest BCUT2D eigenvalue weighted by Crippen LogP contribution is 2.29. The highest BCUT2D eigenvalue weighted by Gasteiger charge is 2.14. The van der Waals surface area contributed by atoms with Crippen molar-refractivity contribution in [1.82, 2.24) is 0 Å². The molecule has 1 nitrogen and oxygen atoms in total. The molecule has 0 radical (unpaired) electrons. The van der Waals surface area contributed by atoms with E-state index in [0.717, 1.165) is 5.56 Å². The number of nitrogens with two attached hydrogens (primary N) is 1. The van der Waals surface area contributed by atoms with Crippen molar-refractivity contribution in [3.05, 3.63) is 67.9 Å². The molecule has 0 heterocycles. The van der Waals surface area contributed by atoms with Gasteiger partial charge in [0.15, 0.2) is 0 Å². The van der Waals surface area contributed by atoms with Crippen LogP contribution < -0.4 is 5.73 Å². The van der Waals surface area contributed by atoms with Crippen LogP contribution in [0.4, 0.5) is 4.39 Å². The van der Waals surface area contributed by atoms with E-state index >= 15 is 0 Å². The number of hydrogen-bond donors (Lipinski definition) is 1. The molecule has 0 saturated heterocycles. The highest BCUT2D eigenvalue weighted by atomic mass is 79.9. The number of halogens is 4. The van der Waals surface area contributed by atoms with Gasteiger partial charge in [0.05, 0.1) is 5.02 Å². The molecule has 0 fully saturated rings. The molecule has 0 saturated carbocycles. The molecule has 2 aromatic rings. The molecule has 0 aliphatic rings. The third kappa shape index (κ3) is 3.69. The van der Waals surface area contributed by atoms with Crippen LogP contribution in [0.15, 0.2) is 40.9 Å². The van der Waals surface area contributed by atoms with Crippen LogP contribution in [0, 0.1) is 5.82 Å². The summed E-state index contributed by atoms with van der Waals surface area (Å²) in [5, 5.41) is 1.11. The second-order valence-electron chi connectivity index (χ2n) is 4.22. The van der Waals surface area contributed by atoms with Gasteiger partial charge in [-0.2, -0.15) is 0 Å². The summed E-state index contributed by atoms with van der Waals surface area (Å²) in [6, 6.07) is 9.76. The summed E-state index contributed by atoms with van der Waals surface area (Å²) in [7, 11) is 0. The van der Waals surface area contributed by atoms with Crippen LogP contribution in [-0.4, -0.2) is 0 Å². The van der Waals surface area contributed by atoms with E-state index in [2.05, 4.69) is 15.9 Å². The molecular formula is C14H11BrCl2FN. The minimum Gasteiger partial charge on any atom is -0.324 e. The number of hydrogen-bond acceptors (Lipinski definition) is 1. The molecule has 2 rings (SSSR count). The Hall–Kier alpha value is -0.610. The first-order chi connectivity index (χ1) is 8.97. The van der Waals surface area contributed by atoms with E-state index in [1.165, 1.54) is 6.07 Å². The fourth-order valence-corrected chi connectivity index (χ4v) is 2.42. The van der Waals surface area contributed by atoms with Gasteiger partial charge in [0.2, 0.25) is 0 Å². The fourth-order valence-electron chi connectivity index (χ4n) is 1.81. The lowest BCUT2D eigenvalue weighted by atomic mass is 9.99. The molecule has 0 bridgehead atoms. The van der Waals surface area contributed by atoms with Gasteiger partial charge in [0.1, 0.15) is 5.82 Å². The van der Waals surface area contributed by atoms with Crippen molar-refractivity contribution in [2.75, 3.05) is 0 Å². The minimum atomic E-state index is -0.452. The zero-order valence-electron chi connectivity index (χ0n) is 9.84. The Morgan fingerprint density at radius 3 is 2.42 bits per heavy atom. The Bertz CT molecular complexity index is 587. The van der Waals surface area contributed by atoms with Gasteiger partial charge in [-0.05, 0) is 52.2 Å². The fraction of sp³-hybridized carbons (Fsp3) is 0.143. The second kappa shape index (κ2) is 6.23. The van der Waals surface area contributed by atoms with Crippen LogP contribution in [0.3, 0.4) is 0 Å². The van der Waals surface area contributed by atoms with E-state index in [0.29, 0.717) is 26.5 Å². The first kappa shape index (κ1) is 14.8. The lowest BCUT2D eigenvalue weighted by molar-refractivity contribution is 0.579. The standard InChI is InChI=1S/C14H11BrCl2FN/c15-11-7-13(18)10(6-12(11)17)14(19)5-8-1-3-9(16)4-2-8/h1-4,6-7,14H,5,19H2. The van der Waals surface area contributed by atoms with Crippen LogP contribution in [-0.2, 0) is 6.42 Å². The van der Waals surface area contributed by atoms with Gasteiger partial charge in [-0.15, -0.1) is 0 Å². The molecule has 1 atom stereocenters. The average Bonchev–Trinajstić information content (AvgIpc) is 2.36. The van der Waals surface area contributed by atoms with Crippen molar-refractivity contribution in [3.63, 3.8) is 0 Å². The quantitative estimate of drug-likeness (QED) is 0.752. The predicted molar refractivity (Wildman–Crippen MR) is 81.2 cm³/mol. The first-order valence-electron chi connectivity index (χ1n) is 5.62. The van der Waals surface area contributed by atoms with E-state index in [9.17, 15) is 4.39 Å². The van der Waals surface area contributed by atoms with Gasteiger partial charge < -0.3 is 5.73 Å². The van der Waals surface area contributed by atoms with Crippen LogP contribution in [0.1, 0.15) is 17.2 Å². The molecule has 0 aliphatic heterocycles. The van der Waals surface area contributed by atoms with E-state index in [-0.39, 0.29) is 5.82 Å². The maximum Gasteiger partial charge on any atom is 0.129 e. The van der Waals surface area contributed by atoms with Crippen molar-refractivity contribution < 1.29 is 4.39 Å². The predicted octanol–water partition coefficient (Wildman–Crippen LogP) is 5.14. The molecule has 0 aromatic heterocycles. The Balaban J connectivity index is 2.22. The van der Waals surface area contributed by atoms with Crippen LogP contribution >= 0.6 is 39.1 Å². The monoisotopic (exact) mass is 361 g/mol. The van der Waals surface area contributed by atoms with Crippen LogP contribution in [0.2, 0.25) is 10.0 Å². The Kier molecular flexibility index (Phi) is 4.85. The van der Waals surface area contributed by atoms with Crippen molar-refractivity contribution in [2.24, 2.45) is 5.73 Å². The maximum atomic E-state index is 13.9. The van der Waals surface area contributed by atoms with Gasteiger partial charge in [-0.25, -0.2) is 4.39 Å². The Morgan fingerprint density at radius 2 is 1.79 bits per heavy atom. The van der Waals surface area contributed by atoms with Gasteiger partial charge in [-0.1, -0.05) is 35.3 Å². The molecule has 1 unspecified atom stereocenters. The van der Waals surface area contributed by atoms with E-state index < -0.39 is 6.04 Å². The molecule has 19 heavy (non-hydrogen) atoms. The molecule has 5 heteroatoms. The van der Waals surface area contributed by atoms with E-state index in [1.54, 1.807) is 18.2 Å². The van der Waals surface area contributed by atoms with Gasteiger partial charge in [-0.3, -0.25) is 0 Å². The average molecular weight is 363 g/mol. The molecule has 0 aliphatic carbocycles. The van der Waals surface area contributed by atoms with Gasteiger partial charge in [0, 0.05) is 21.1 Å². The summed E-state index contributed by atoms with van der Waals surface area (Å²) >= 11 is 15.0. The van der Waals surface area contributed by atoms with Crippen molar-refractivity contribution in [1.29, 1.82) is 0 Å². The topological polar surface area (TPSA) is 26.0 Å². The van der Waals surface area contributed by atoms with Crippen molar-refractivity contribution >= 4 is 39.1 Å². The summed E-state index contributed by atoms with van der Waals surface area (Å²) < 4.78 is 14.4. The summed E-state index contributed by atoms with van der Waals surface area (Å²) in [6.45, 7) is 0. The van der Waals surface area contributed by atoms with Gasteiger partial charge in [0.25, 0.3) is 0 Å². The van der Waals surface area contributed by atoms with E-state index in [1.807, 2.05) is 12.1 Å². The molecule has 0 amide bonds. The zero-order chi connectivity index (χ0) is 14.0. The molecule has 0 spiro atoms. The van der Waals surface area contributed by atoms with E-state index in [4.69, 9.17) is 28.9 Å². The lowest BCUT2D eigenvalue weighted by Gasteiger charge is -2.14. The second-order valence-corrected chi connectivity index (χ2v) is 5.92. The number of benzene rings is 2. The smallest absolute Gasteiger partial charge is 0.129 e. The molecule has 100 valence electrons. The lowest BCUT2D eigenvalue weighted by Crippen LogP contribution is -2.15. The van der Waals surface area contributed by atoms with Crippen molar-refractivity contribution in [2.45, 2.75) is 12.5 Å². The first-order valence-corrected chi connectivity index (χ1v) is 7.16. The summed E-state index contributed by atoms with van der Waals surface area (Å²) in [5.41, 5.74) is 7.44. The molecule has 2 N–H and O–H groups in total. The van der Waals surface area contributed by atoms with Crippen LogP contribution in [0.5, 0.6) is 0 Å².